The van der Waals surface area contributed by atoms with E-state index in [0.717, 1.165) is 27.2 Å². The van der Waals surface area contributed by atoms with E-state index in [2.05, 4.69) is 9.97 Å². The van der Waals surface area contributed by atoms with Gasteiger partial charge in [0.1, 0.15) is 0 Å². The first-order valence-electron chi connectivity index (χ1n) is 6.17. The Morgan fingerprint density at radius 1 is 1.26 bits per heavy atom. The third kappa shape index (κ3) is 2.50. The number of thiazole rings is 1. The van der Waals surface area contributed by atoms with Crippen LogP contribution in [-0.4, -0.2) is 15.1 Å². The number of benzene rings is 1. The first kappa shape index (κ1) is 12.3. The number of nitrogens with zero attached hydrogens (tertiary/aromatic N) is 2. The molecule has 0 aliphatic heterocycles. The zero-order chi connectivity index (χ0) is 13.2. The Kier molecular flexibility index (Phi) is 3.27. The van der Waals surface area contributed by atoms with Crippen molar-refractivity contribution in [1.29, 1.82) is 0 Å². The zero-order valence-corrected chi connectivity index (χ0v) is 11.4. The van der Waals surface area contributed by atoms with Gasteiger partial charge >= 0.3 is 0 Å². The lowest BCUT2D eigenvalue weighted by molar-refractivity contribution is 0.179. The molecule has 96 valence electrons. The summed E-state index contributed by atoms with van der Waals surface area (Å²) in [6.45, 7) is 1.97. The molecule has 0 aliphatic rings. The topological polar surface area (TPSA) is 46.0 Å². The number of hydrogen-bond acceptors (Lipinski definition) is 4. The molecule has 1 N–H and O–H groups in total. The van der Waals surface area contributed by atoms with Crippen molar-refractivity contribution < 1.29 is 5.11 Å². The lowest BCUT2D eigenvalue weighted by Gasteiger charge is -2.12. The molecule has 4 heteroatoms. The van der Waals surface area contributed by atoms with E-state index in [1.165, 1.54) is 0 Å². The standard InChI is InChI=1S/C15H14N2OS/c1-10-17-11(9-19-10)8-15(18)13-6-7-16-14-5-3-2-4-12(13)14/h2-7,9,15,18H,8H2,1H3. The molecule has 0 aliphatic carbocycles. The van der Waals surface area contributed by atoms with Crippen molar-refractivity contribution in [2.24, 2.45) is 0 Å². The van der Waals surface area contributed by atoms with Crippen LogP contribution in [0.2, 0.25) is 0 Å². The van der Waals surface area contributed by atoms with Gasteiger partial charge in [-0.15, -0.1) is 11.3 Å². The van der Waals surface area contributed by atoms with Gasteiger partial charge in [0.05, 0.1) is 22.3 Å². The molecule has 0 fully saturated rings. The summed E-state index contributed by atoms with van der Waals surface area (Å²) in [5.41, 5.74) is 2.76. The molecule has 3 rings (SSSR count). The molecule has 0 amide bonds. The van der Waals surface area contributed by atoms with Crippen molar-refractivity contribution in [2.75, 3.05) is 0 Å². The Hall–Kier alpha value is -1.78. The molecule has 0 bridgehead atoms. The van der Waals surface area contributed by atoms with E-state index in [1.54, 1.807) is 17.5 Å². The molecule has 1 unspecified atom stereocenters. The van der Waals surface area contributed by atoms with Crippen molar-refractivity contribution in [3.05, 3.63) is 58.2 Å². The highest BCUT2D eigenvalue weighted by atomic mass is 32.1. The van der Waals surface area contributed by atoms with Gasteiger partial charge in [-0.05, 0) is 24.6 Å². The predicted molar refractivity (Wildman–Crippen MR) is 77.3 cm³/mol. The summed E-state index contributed by atoms with van der Waals surface area (Å²) >= 11 is 1.61. The Morgan fingerprint density at radius 3 is 2.89 bits per heavy atom. The van der Waals surface area contributed by atoms with Gasteiger partial charge in [-0.1, -0.05) is 18.2 Å². The highest BCUT2D eigenvalue weighted by Gasteiger charge is 2.13. The Labute approximate surface area is 115 Å². The highest BCUT2D eigenvalue weighted by molar-refractivity contribution is 7.09. The number of rotatable bonds is 3. The maximum absolute atomic E-state index is 10.4. The summed E-state index contributed by atoms with van der Waals surface area (Å²) in [5.74, 6) is 0. The fourth-order valence-electron chi connectivity index (χ4n) is 2.22. The summed E-state index contributed by atoms with van der Waals surface area (Å²) in [7, 11) is 0. The first-order valence-corrected chi connectivity index (χ1v) is 7.05. The molecule has 0 saturated heterocycles. The van der Waals surface area contributed by atoms with Gasteiger partial charge in [0.15, 0.2) is 0 Å². The molecule has 1 atom stereocenters. The second-order valence-electron chi connectivity index (χ2n) is 4.50. The summed E-state index contributed by atoms with van der Waals surface area (Å²) in [6, 6.07) is 9.75. The quantitative estimate of drug-likeness (QED) is 0.794. The molecular formula is C15H14N2OS. The molecule has 19 heavy (non-hydrogen) atoms. The van der Waals surface area contributed by atoms with Crippen LogP contribution in [0.25, 0.3) is 10.9 Å². The van der Waals surface area contributed by atoms with Crippen molar-refractivity contribution in [3.63, 3.8) is 0 Å². The van der Waals surface area contributed by atoms with Crippen LogP contribution in [-0.2, 0) is 6.42 Å². The van der Waals surface area contributed by atoms with E-state index in [0.29, 0.717) is 6.42 Å². The molecule has 3 nitrogen and oxygen atoms in total. The fourth-order valence-corrected chi connectivity index (χ4v) is 2.84. The van der Waals surface area contributed by atoms with Gasteiger partial charge in [-0.2, -0.15) is 0 Å². The molecule has 2 heterocycles. The number of aryl methyl sites for hydroxylation is 1. The summed E-state index contributed by atoms with van der Waals surface area (Å²) in [6.07, 6.45) is 1.74. The van der Waals surface area contributed by atoms with Crippen LogP contribution in [0.15, 0.2) is 41.9 Å². The van der Waals surface area contributed by atoms with E-state index in [4.69, 9.17) is 0 Å². The Bertz CT molecular complexity index is 703. The maximum atomic E-state index is 10.4. The largest absolute Gasteiger partial charge is 0.388 e. The minimum Gasteiger partial charge on any atom is -0.388 e. The lowest BCUT2D eigenvalue weighted by atomic mass is 10.0. The van der Waals surface area contributed by atoms with Gasteiger partial charge in [-0.3, -0.25) is 4.98 Å². The van der Waals surface area contributed by atoms with Crippen molar-refractivity contribution in [2.45, 2.75) is 19.4 Å². The van der Waals surface area contributed by atoms with E-state index >= 15 is 0 Å². The van der Waals surface area contributed by atoms with Crippen molar-refractivity contribution in [3.8, 4) is 0 Å². The van der Waals surface area contributed by atoms with Gasteiger partial charge in [0, 0.05) is 23.4 Å². The maximum Gasteiger partial charge on any atom is 0.0897 e. The van der Waals surface area contributed by atoms with Crippen LogP contribution < -0.4 is 0 Å². The number of hydrogen-bond donors (Lipinski definition) is 1. The number of aliphatic hydroxyl groups excluding tert-OH is 1. The number of aromatic nitrogens is 2. The molecule has 3 aromatic rings. The third-order valence-corrected chi connectivity index (χ3v) is 3.93. The fraction of sp³-hybridized carbons (Fsp3) is 0.200. The van der Waals surface area contributed by atoms with Crippen LogP contribution in [0.3, 0.4) is 0 Å². The number of fused-ring (bicyclic) bond motifs is 1. The molecule has 0 radical (unpaired) electrons. The lowest BCUT2D eigenvalue weighted by Crippen LogP contribution is -2.03. The number of aliphatic hydroxyl groups is 1. The van der Waals surface area contributed by atoms with Gasteiger partial charge in [-0.25, -0.2) is 4.98 Å². The van der Waals surface area contributed by atoms with Crippen LogP contribution in [0.5, 0.6) is 0 Å². The Balaban J connectivity index is 1.95. The van der Waals surface area contributed by atoms with E-state index in [1.807, 2.05) is 42.6 Å². The average molecular weight is 270 g/mol. The summed E-state index contributed by atoms with van der Waals surface area (Å²) in [4.78, 5) is 8.71. The van der Waals surface area contributed by atoms with Crippen molar-refractivity contribution in [1.82, 2.24) is 9.97 Å². The second-order valence-corrected chi connectivity index (χ2v) is 5.56. The van der Waals surface area contributed by atoms with Crippen LogP contribution in [0.1, 0.15) is 22.4 Å². The molecule has 1 aromatic carbocycles. The van der Waals surface area contributed by atoms with Crippen LogP contribution >= 0.6 is 11.3 Å². The van der Waals surface area contributed by atoms with Crippen molar-refractivity contribution >= 4 is 22.2 Å². The Morgan fingerprint density at radius 2 is 2.11 bits per heavy atom. The smallest absolute Gasteiger partial charge is 0.0897 e. The van der Waals surface area contributed by atoms with E-state index in [9.17, 15) is 5.11 Å². The minimum absolute atomic E-state index is 0.540. The van der Waals surface area contributed by atoms with Crippen LogP contribution in [0.4, 0.5) is 0 Å². The summed E-state index contributed by atoms with van der Waals surface area (Å²) < 4.78 is 0. The highest BCUT2D eigenvalue weighted by Crippen LogP contribution is 2.25. The SMILES string of the molecule is Cc1nc(CC(O)c2ccnc3ccccc23)cs1. The van der Waals surface area contributed by atoms with Gasteiger partial charge < -0.3 is 5.11 Å². The van der Waals surface area contributed by atoms with E-state index in [-0.39, 0.29) is 0 Å². The normalized spacial score (nSPS) is 12.7. The molecule has 0 spiro atoms. The zero-order valence-electron chi connectivity index (χ0n) is 10.6. The number of para-hydroxylation sites is 1. The minimum atomic E-state index is -0.547. The predicted octanol–water partition coefficient (Wildman–Crippen LogP) is 3.28. The molecule has 0 saturated carbocycles. The number of pyridine rings is 1. The summed E-state index contributed by atoms with van der Waals surface area (Å²) in [5, 5.41) is 14.5. The van der Waals surface area contributed by atoms with Gasteiger partial charge in [0.2, 0.25) is 0 Å². The monoisotopic (exact) mass is 270 g/mol. The van der Waals surface area contributed by atoms with Gasteiger partial charge in [0.25, 0.3) is 0 Å². The average Bonchev–Trinajstić information content (AvgIpc) is 2.83. The second kappa shape index (κ2) is 5.07. The molecule has 2 aromatic heterocycles. The third-order valence-electron chi connectivity index (χ3n) is 3.11. The first-order chi connectivity index (χ1) is 9.24. The van der Waals surface area contributed by atoms with Crippen LogP contribution in [0, 0.1) is 6.92 Å². The van der Waals surface area contributed by atoms with E-state index < -0.39 is 6.10 Å². The molecular weight excluding hydrogens is 256 g/mol.